The molecule has 0 fully saturated rings. The van der Waals surface area contributed by atoms with Crippen LogP contribution in [0.5, 0.6) is 11.5 Å². The van der Waals surface area contributed by atoms with Crippen molar-refractivity contribution in [2.45, 2.75) is 26.7 Å². The van der Waals surface area contributed by atoms with Gasteiger partial charge in [-0.25, -0.2) is 9.97 Å². The molecule has 2 aromatic heterocycles. The van der Waals surface area contributed by atoms with Gasteiger partial charge in [-0.15, -0.1) is 0 Å². The molecule has 0 unspecified atom stereocenters. The highest BCUT2D eigenvalue weighted by Crippen LogP contribution is 2.25. The van der Waals surface area contributed by atoms with Crippen molar-refractivity contribution in [2.75, 3.05) is 13.2 Å². The molecule has 0 bridgehead atoms. The van der Waals surface area contributed by atoms with Gasteiger partial charge in [-0.05, 0) is 51.0 Å². The highest BCUT2D eigenvalue weighted by atomic mass is 16.5. The second-order valence-corrected chi connectivity index (χ2v) is 6.97. The summed E-state index contributed by atoms with van der Waals surface area (Å²) in [7, 11) is 0. The van der Waals surface area contributed by atoms with Gasteiger partial charge in [0.2, 0.25) is 0 Å². The van der Waals surface area contributed by atoms with Gasteiger partial charge in [-0.3, -0.25) is 0 Å². The molecule has 4 rings (SSSR count). The highest BCUT2D eigenvalue weighted by molar-refractivity contribution is 5.85. The number of rotatable bonds is 7. The van der Waals surface area contributed by atoms with Crippen LogP contribution in [0, 0.1) is 13.8 Å². The molecule has 0 spiro atoms. The van der Waals surface area contributed by atoms with Crippen molar-refractivity contribution in [3.05, 3.63) is 72.1 Å². The molecule has 0 aliphatic rings. The van der Waals surface area contributed by atoms with Gasteiger partial charge in [-0.2, -0.15) is 0 Å². The maximum atomic E-state index is 5.98. The average Bonchev–Trinajstić information content (AvgIpc) is 2.71. The van der Waals surface area contributed by atoms with Gasteiger partial charge in [0, 0.05) is 22.2 Å². The zero-order chi connectivity index (χ0) is 19.3. The van der Waals surface area contributed by atoms with E-state index in [0.717, 1.165) is 57.5 Å². The third-order valence-electron chi connectivity index (χ3n) is 4.70. The Labute approximate surface area is 165 Å². The second-order valence-electron chi connectivity index (χ2n) is 6.97. The molecule has 0 aliphatic heterocycles. The predicted octanol–water partition coefficient (Wildman–Crippen LogP) is 5.64. The number of hydrogen-bond donors (Lipinski definition) is 0. The van der Waals surface area contributed by atoms with E-state index in [1.54, 1.807) is 0 Å². The smallest absolute Gasteiger partial charge is 0.145 e. The molecule has 0 N–H and O–H groups in total. The third-order valence-corrected chi connectivity index (χ3v) is 4.70. The summed E-state index contributed by atoms with van der Waals surface area (Å²) in [6.45, 7) is 5.28. The summed E-state index contributed by atoms with van der Waals surface area (Å²) in [4.78, 5) is 9.22. The molecule has 4 nitrogen and oxygen atoms in total. The van der Waals surface area contributed by atoms with Crippen LogP contribution in [0.2, 0.25) is 0 Å². The van der Waals surface area contributed by atoms with E-state index >= 15 is 0 Å². The number of benzene rings is 2. The first-order valence-electron chi connectivity index (χ1n) is 9.69. The van der Waals surface area contributed by atoms with Crippen molar-refractivity contribution >= 4 is 21.8 Å². The molecule has 28 heavy (non-hydrogen) atoms. The van der Waals surface area contributed by atoms with E-state index in [-0.39, 0.29) is 0 Å². The lowest BCUT2D eigenvalue weighted by molar-refractivity contribution is 0.269. The van der Waals surface area contributed by atoms with E-state index in [9.17, 15) is 0 Å². The van der Waals surface area contributed by atoms with Gasteiger partial charge in [0.05, 0.1) is 13.2 Å². The van der Waals surface area contributed by atoms with E-state index in [1.165, 1.54) is 0 Å². The number of aromatic nitrogens is 2. The average molecular weight is 372 g/mol. The first-order valence-corrected chi connectivity index (χ1v) is 9.69. The number of para-hydroxylation sites is 2. The monoisotopic (exact) mass is 372 g/mol. The van der Waals surface area contributed by atoms with Crippen molar-refractivity contribution in [3.8, 4) is 11.5 Å². The summed E-state index contributed by atoms with van der Waals surface area (Å²) in [6.07, 6.45) is 1.83. The number of ether oxygens (including phenoxy) is 2. The van der Waals surface area contributed by atoms with Crippen molar-refractivity contribution in [1.29, 1.82) is 0 Å². The Morgan fingerprint density at radius 1 is 0.607 bits per heavy atom. The van der Waals surface area contributed by atoms with Crippen molar-refractivity contribution < 1.29 is 9.47 Å². The Morgan fingerprint density at radius 2 is 1.07 bits per heavy atom. The molecule has 0 amide bonds. The molecule has 2 heterocycles. The Balaban J connectivity index is 1.30. The van der Waals surface area contributed by atoms with Crippen LogP contribution in [0.4, 0.5) is 0 Å². The number of fused-ring (bicyclic) bond motifs is 2. The van der Waals surface area contributed by atoms with Crippen LogP contribution in [-0.2, 0) is 0 Å². The molecule has 142 valence electrons. The highest BCUT2D eigenvalue weighted by Gasteiger charge is 2.05. The van der Waals surface area contributed by atoms with Gasteiger partial charge in [-0.1, -0.05) is 36.4 Å². The van der Waals surface area contributed by atoms with E-state index in [1.807, 2.05) is 50.2 Å². The summed E-state index contributed by atoms with van der Waals surface area (Å²) >= 11 is 0. The van der Waals surface area contributed by atoms with Crippen LogP contribution in [0.1, 0.15) is 24.2 Å². The minimum atomic E-state index is 0.644. The van der Waals surface area contributed by atoms with Gasteiger partial charge in [0.25, 0.3) is 0 Å². The van der Waals surface area contributed by atoms with E-state index in [2.05, 4.69) is 34.2 Å². The van der Waals surface area contributed by atoms with Gasteiger partial charge in [0.1, 0.15) is 22.5 Å². The fourth-order valence-corrected chi connectivity index (χ4v) is 3.24. The van der Waals surface area contributed by atoms with Crippen LogP contribution in [-0.4, -0.2) is 23.2 Å². The molecule has 0 atom stereocenters. The van der Waals surface area contributed by atoms with Gasteiger partial charge < -0.3 is 9.47 Å². The summed E-state index contributed by atoms with van der Waals surface area (Å²) in [5.74, 6) is 1.69. The minimum absolute atomic E-state index is 0.644. The summed E-state index contributed by atoms with van der Waals surface area (Å²) in [5, 5.41) is 2.20. The first kappa shape index (κ1) is 18.2. The Kier molecular flexibility index (Phi) is 5.38. The zero-order valence-corrected chi connectivity index (χ0v) is 16.3. The molecular formula is C24H24N2O2. The van der Waals surface area contributed by atoms with Crippen LogP contribution < -0.4 is 9.47 Å². The Morgan fingerprint density at radius 3 is 1.54 bits per heavy atom. The standard InChI is InChI=1S/C24H24N2O2/c1-17-11-13-19-7-5-9-21(23(19)25-17)27-15-3-4-16-28-22-10-6-8-20-14-12-18(2)26-24(20)22/h5-14H,3-4,15-16H2,1-2H3. The van der Waals surface area contributed by atoms with Crippen LogP contribution >= 0.6 is 0 Å². The molecule has 0 saturated carbocycles. The number of hydrogen-bond acceptors (Lipinski definition) is 4. The normalized spacial score (nSPS) is 11.1. The van der Waals surface area contributed by atoms with Crippen molar-refractivity contribution in [3.63, 3.8) is 0 Å². The lowest BCUT2D eigenvalue weighted by atomic mass is 10.2. The lowest BCUT2D eigenvalue weighted by Crippen LogP contribution is -2.03. The maximum absolute atomic E-state index is 5.98. The largest absolute Gasteiger partial charge is 0.491 e. The number of unbranched alkanes of at least 4 members (excludes halogenated alkanes) is 1. The number of aryl methyl sites for hydroxylation is 2. The third kappa shape index (κ3) is 4.06. The van der Waals surface area contributed by atoms with Crippen molar-refractivity contribution in [1.82, 2.24) is 9.97 Å². The van der Waals surface area contributed by atoms with Crippen molar-refractivity contribution in [2.24, 2.45) is 0 Å². The maximum Gasteiger partial charge on any atom is 0.145 e. The Bertz CT molecular complexity index is 1020. The molecular weight excluding hydrogens is 348 g/mol. The van der Waals surface area contributed by atoms with Crippen LogP contribution in [0.25, 0.3) is 21.8 Å². The fourth-order valence-electron chi connectivity index (χ4n) is 3.24. The first-order chi connectivity index (χ1) is 13.7. The second kappa shape index (κ2) is 8.26. The Hall–Kier alpha value is -3.14. The summed E-state index contributed by atoms with van der Waals surface area (Å²) < 4.78 is 12.0. The molecule has 4 heteroatoms. The molecule has 4 aromatic rings. The summed E-state index contributed by atoms with van der Waals surface area (Å²) in [5.41, 5.74) is 3.85. The predicted molar refractivity (Wildman–Crippen MR) is 113 cm³/mol. The minimum Gasteiger partial charge on any atom is -0.491 e. The molecule has 0 aliphatic carbocycles. The van der Waals surface area contributed by atoms with Gasteiger partial charge >= 0.3 is 0 Å². The number of nitrogens with zero attached hydrogens (tertiary/aromatic N) is 2. The topological polar surface area (TPSA) is 44.2 Å². The SMILES string of the molecule is Cc1ccc2cccc(OCCCCOc3cccc4ccc(C)nc34)c2n1. The number of pyridine rings is 2. The van der Waals surface area contributed by atoms with Crippen LogP contribution in [0.15, 0.2) is 60.7 Å². The molecule has 0 saturated heterocycles. The lowest BCUT2D eigenvalue weighted by Gasteiger charge is -2.11. The fraction of sp³-hybridized carbons (Fsp3) is 0.250. The van der Waals surface area contributed by atoms with E-state index in [0.29, 0.717) is 13.2 Å². The van der Waals surface area contributed by atoms with E-state index in [4.69, 9.17) is 9.47 Å². The van der Waals surface area contributed by atoms with E-state index < -0.39 is 0 Å². The molecule has 0 radical (unpaired) electrons. The zero-order valence-electron chi connectivity index (χ0n) is 16.3. The molecule has 2 aromatic carbocycles. The summed E-state index contributed by atoms with van der Waals surface area (Å²) in [6, 6.07) is 20.3. The quantitative estimate of drug-likeness (QED) is 0.394. The van der Waals surface area contributed by atoms with Crippen LogP contribution in [0.3, 0.4) is 0 Å². The van der Waals surface area contributed by atoms with Gasteiger partial charge in [0.15, 0.2) is 0 Å².